The number of amides is 4. The molecule has 3 aromatic rings. The number of ether oxygens (including phenoxy) is 4. The normalized spacial score (nSPS) is 14.7. The van der Waals surface area contributed by atoms with Crippen molar-refractivity contribution in [1.29, 1.82) is 0 Å². The van der Waals surface area contributed by atoms with Crippen molar-refractivity contribution < 1.29 is 33.3 Å². The van der Waals surface area contributed by atoms with Gasteiger partial charge in [0.2, 0.25) is 0 Å². The Morgan fingerprint density at radius 1 is 0.775 bits per heavy atom. The van der Waals surface area contributed by atoms with E-state index in [0.29, 0.717) is 35.1 Å². The lowest BCUT2D eigenvalue weighted by Gasteiger charge is -2.26. The molecule has 1 aliphatic heterocycles. The Hall–Kier alpha value is -4.79. The third-order valence-corrected chi connectivity index (χ3v) is 6.26. The molecule has 0 bridgehead atoms. The molecule has 0 aromatic heterocycles. The summed E-state index contributed by atoms with van der Waals surface area (Å²) in [5.74, 6) is 0.679. The van der Waals surface area contributed by atoms with Crippen molar-refractivity contribution in [3.8, 4) is 23.0 Å². The summed E-state index contributed by atoms with van der Waals surface area (Å²) in [6, 6.07) is 18.5. The van der Waals surface area contributed by atoms with Gasteiger partial charge in [-0.2, -0.15) is 0 Å². The molecule has 3 aromatic carbocycles. The summed E-state index contributed by atoms with van der Waals surface area (Å²) in [5, 5.41) is 2.21. The molecule has 1 heterocycles. The Kier molecular flexibility index (Phi) is 8.43. The Balaban J connectivity index is 1.43. The van der Waals surface area contributed by atoms with Crippen molar-refractivity contribution in [1.82, 2.24) is 5.32 Å². The van der Waals surface area contributed by atoms with Gasteiger partial charge in [-0.15, -0.1) is 0 Å². The van der Waals surface area contributed by atoms with Gasteiger partial charge >= 0.3 is 6.03 Å². The highest BCUT2D eigenvalue weighted by Gasteiger charge is 2.36. The van der Waals surface area contributed by atoms with E-state index in [1.54, 1.807) is 42.5 Å². The molecule has 1 fully saturated rings. The topological polar surface area (TPSA) is 103 Å². The van der Waals surface area contributed by atoms with E-state index in [1.165, 1.54) is 25.9 Å². The maximum absolute atomic E-state index is 13.2. The van der Waals surface area contributed by atoms with Gasteiger partial charge in [0.25, 0.3) is 11.8 Å². The standard InChI is InChI=1S/C31H32N2O7/c1-31(2,3)21-7-11-24(12-8-21)39-16-17-40-26-15-6-20(19-27(26)38-5)18-25-28(34)32-30(36)33(29(25)35)22-9-13-23(37-4)14-10-22/h6-15,18-19H,16-17H2,1-5H3,(H,32,34,36)/b25-18+. The Labute approximate surface area is 233 Å². The highest BCUT2D eigenvalue weighted by atomic mass is 16.5. The van der Waals surface area contributed by atoms with Gasteiger partial charge in [0.05, 0.1) is 19.9 Å². The maximum atomic E-state index is 13.2. The smallest absolute Gasteiger partial charge is 0.335 e. The minimum atomic E-state index is -0.828. The first kappa shape index (κ1) is 28.2. The van der Waals surface area contributed by atoms with E-state index in [-0.39, 0.29) is 17.6 Å². The third kappa shape index (κ3) is 6.43. The number of barbiturate groups is 1. The van der Waals surface area contributed by atoms with Gasteiger partial charge in [-0.25, -0.2) is 9.69 Å². The summed E-state index contributed by atoms with van der Waals surface area (Å²) in [7, 11) is 3.01. The lowest BCUT2D eigenvalue weighted by Crippen LogP contribution is -2.54. The number of benzene rings is 3. The molecule has 9 heteroatoms. The van der Waals surface area contributed by atoms with E-state index in [2.05, 4.69) is 38.2 Å². The van der Waals surface area contributed by atoms with Crippen LogP contribution < -0.4 is 29.2 Å². The first-order chi connectivity index (χ1) is 19.1. The molecule has 4 rings (SSSR count). The van der Waals surface area contributed by atoms with Crippen LogP contribution in [0.1, 0.15) is 31.9 Å². The summed E-state index contributed by atoms with van der Waals surface area (Å²) >= 11 is 0. The van der Waals surface area contributed by atoms with Crippen LogP contribution >= 0.6 is 0 Å². The van der Waals surface area contributed by atoms with Gasteiger partial charge in [-0.3, -0.25) is 14.9 Å². The van der Waals surface area contributed by atoms with Crippen molar-refractivity contribution in [3.05, 3.63) is 83.4 Å². The van der Waals surface area contributed by atoms with Crippen LogP contribution in [0, 0.1) is 0 Å². The zero-order valence-electron chi connectivity index (χ0n) is 23.1. The number of rotatable bonds is 9. The largest absolute Gasteiger partial charge is 0.497 e. The predicted molar refractivity (Wildman–Crippen MR) is 151 cm³/mol. The fourth-order valence-electron chi connectivity index (χ4n) is 4.05. The fourth-order valence-corrected chi connectivity index (χ4v) is 4.05. The second-order valence-electron chi connectivity index (χ2n) is 10.0. The van der Waals surface area contributed by atoms with Crippen LogP contribution in [0.5, 0.6) is 23.0 Å². The van der Waals surface area contributed by atoms with E-state index in [9.17, 15) is 14.4 Å². The summed E-state index contributed by atoms with van der Waals surface area (Å²) in [6.07, 6.45) is 1.40. The Morgan fingerprint density at radius 3 is 2.05 bits per heavy atom. The molecule has 40 heavy (non-hydrogen) atoms. The van der Waals surface area contributed by atoms with E-state index in [0.717, 1.165) is 10.6 Å². The summed E-state index contributed by atoms with van der Waals surface area (Å²) < 4.78 is 22.2. The molecular formula is C31H32N2O7. The van der Waals surface area contributed by atoms with Crippen LogP contribution in [0.2, 0.25) is 0 Å². The number of carbonyl (C=O) groups is 3. The second-order valence-corrected chi connectivity index (χ2v) is 10.0. The van der Waals surface area contributed by atoms with Gasteiger partial charge in [0.15, 0.2) is 11.5 Å². The average Bonchev–Trinajstić information content (AvgIpc) is 2.93. The molecule has 1 saturated heterocycles. The van der Waals surface area contributed by atoms with Crippen molar-refractivity contribution in [3.63, 3.8) is 0 Å². The SMILES string of the molecule is COc1ccc(N2C(=O)NC(=O)/C(=C\c3ccc(OCCOc4ccc(C(C)(C)C)cc4)c(OC)c3)C2=O)cc1. The molecule has 1 N–H and O–H groups in total. The quantitative estimate of drug-likeness (QED) is 0.226. The zero-order chi connectivity index (χ0) is 28.9. The van der Waals surface area contributed by atoms with E-state index >= 15 is 0 Å². The molecule has 4 amide bonds. The zero-order valence-corrected chi connectivity index (χ0v) is 23.1. The average molecular weight is 545 g/mol. The minimum Gasteiger partial charge on any atom is -0.497 e. The molecule has 9 nitrogen and oxygen atoms in total. The van der Waals surface area contributed by atoms with E-state index in [1.807, 2.05) is 12.1 Å². The summed E-state index contributed by atoms with van der Waals surface area (Å²) in [6.45, 7) is 7.08. The van der Waals surface area contributed by atoms with Crippen molar-refractivity contribution >= 4 is 29.6 Å². The summed E-state index contributed by atoms with van der Waals surface area (Å²) in [5.41, 5.74) is 1.92. The number of urea groups is 1. The number of anilines is 1. The molecule has 0 radical (unpaired) electrons. The number of imide groups is 2. The predicted octanol–water partition coefficient (Wildman–Crippen LogP) is 5.13. The van der Waals surface area contributed by atoms with Gasteiger partial charge in [0, 0.05) is 0 Å². The molecule has 0 atom stereocenters. The van der Waals surface area contributed by atoms with Crippen LogP contribution in [-0.2, 0) is 15.0 Å². The maximum Gasteiger partial charge on any atom is 0.335 e. The molecular weight excluding hydrogens is 512 g/mol. The lowest BCUT2D eigenvalue weighted by atomic mass is 9.87. The third-order valence-electron chi connectivity index (χ3n) is 6.26. The van der Waals surface area contributed by atoms with Crippen LogP contribution in [0.4, 0.5) is 10.5 Å². The van der Waals surface area contributed by atoms with Gasteiger partial charge < -0.3 is 18.9 Å². The van der Waals surface area contributed by atoms with Crippen molar-refractivity contribution in [2.75, 3.05) is 32.3 Å². The summed E-state index contributed by atoms with van der Waals surface area (Å²) in [4.78, 5) is 39.1. The molecule has 0 unspecified atom stereocenters. The van der Waals surface area contributed by atoms with E-state index < -0.39 is 17.8 Å². The van der Waals surface area contributed by atoms with Gasteiger partial charge in [-0.05, 0) is 71.1 Å². The number of nitrogens with one attached hydrogen (secondary N) is 1. The fraction of sp³-hybridized carbons (Fsp3) is 0.258. The number of methoxy groups -OCH3 is 2. The van der Waals surface area contributed by atoms with Crippen molar-refractivity contribution in [2.24, 2.45) is 0 Å². The van der Waals surface area contributed by atoms with E-state index in [4.69, 9.17) is 18.9 Å². The molecule has 1 aliphatic rings. The minimum absolute atomic E-state index is 0.0711. The second kappa shape index (κ2) is 11.9. The molecule has 208 valence electrons. The first-order valence-electron chi connectivity index (χ1n) is 12.7. The Morgan fingerprint density at radius 2 is 1.43 bits per heavy atom. The van der Waals surface area contributed by atoms with Crippen LogP contribution in [0.15, 0.2) is 72.3 Å². The highest BCUT2D eigenvalue weighted by molar-refractivity contribution is 6.39. The molecule has 0 saturated carbocycles. The Bertz CT molecular complexity index is 1420. The van der Waals surface area contributed by atoms with Crippen LogP contribution in [0.3, 0.4) is 0 Å². The lowest BCUT2D eigenvalue weighted by molar-refractivity contribution is -0.122. The van der Waals surface area contributed by atoms with Crippen LogP contribution in [-0.4, -0.2) is 45.3 Å². The number of hydrogen-bond donors (Lipinski definition) is 1. The van der Waals surface area contributed by atoms with Gasteiger partial charge in [-0.1, -0.05) is 39.0 Å². The molecule has 0 aliphatic carbocycles. The monoisotopic (exact) mass is 544 g/mol. The first-order valence-corrected chi connectivity index (χ1v) is 12.7. The highest BCUT2D eigenvalue weighted by Crippen LogP contribution is 2.30. The number of hydrogen-bond acceptors (Lipinski definition) is 7. The number of carbonyl (C=O) groups excluding carboxylic acids is 3. The number of nitrogens with zero attached hydrogens (tertiary/aromatic N) is 1. The molecule has 0 spiro atoms. The van der Waals surface area contributed by atoms with Gasteiger partial charge in [0.1, 0.15) is 30.3 Å². The van der Waals surface area contributed by atoms with Crippen molar-refractivity contribution in [2.45, 2.75) is 26.2 Å². The van der Waals surface area contributed by atoms with Crippen LogP contribution in [0.25, 0.3) is 6.08 Å².